The Hall–Kier alpha value is -2.28. The van der Waals surface area contributed by atoms with Crippen LogP contribution in [0.25, 0.3) is 11.5 Å². The van der Waals surface area contributed by atoms with E-state index in [4.69, 9.17) is 4.42 Å². The zero-order chi connectivity index (χ0) is 17.3. The minimum absolute atomic E-state index is 0.275. The Morgan fingerprint density at radius 3 is 2.77 bits per heavy atom. The molecule has 0 bridgehead atoms. The molecule has 4 heterocycles. The molecule has 0 saturated heterocycles. The fraction of sp³-hybridized carbons (Fsp3) is 0.200. The fourth-order valence-electron chi connectivity index (χ4n) is 3.51. The van der Waals surface area contributed by atoms with Gasteiger partial charge in [0.1, 0.15) is 0 Å². The molecule has 6 heteroatoms. The summed E-state index contributed by atoms with van der Waals surface area (Å²) in [6, 6.07) is 16.8. The average molecular weight is 380 g/mol. The van der Waals surface area contributed by atoms with Crippen LogP contribution in [0.5, 0.6) is 0 Å². The topological polar surface area (TPSA) is 42.2 Å². The van der Waals surface area contributed by atoms with E-state index < -0.39 is 0 Å². The van der Waals surface area contributed by atoms with Gasteiger partial charge in [-0.1, -0.05) is 24.3 Å². The maximum Gasteiger partial charge on any atom is 0.247 e. The number of thiophene rings is 2. The van der Waals surface area contributed by atoms with Gasteiger partial charge in [-0.25, -0.2) is 0 Å². The third-order valence-corrected chi connectivity index (χ3v) is 6.63. The van der Waals surface area contributed by atoms with Crippen LogP contribution in [0.15, 0.2) is 63.7 Å². The number of aromatic nitrogens is 2. The number of benzene rings is 1. The van der Waals surface area contributed by atoms with Gasteiger partial charge in [0.15, 0.2) is 0 Å². The molecule has 0 amide bonds. The minimum Gasteiger partial charge on any atom is -0.419 e. The highest BCUT2D eigenvalue weighted by molar-refractivity contribution is 7.10. The summed E-state index contributed by atoms with van der Waals surface area (Å²) in [5.41, 5.74) is 2.38. The van der Waals surface area contributed by atoms with Crippen molar-refractivity contribution in [1.29, 1.82) is 0 Å². The molecule has 1 aliphatic heterocycles. The molecule has 1 aliphatic rings. The zero-order valence-corrected chi connectivity index (χ0v) is 15.7. The highest BCUT2D eigenvalue weighted by Crippen LogP contribution is 2.40. The predicted octanol–water partition coefficient (Wildman–Crippen LogP) is 5.01. The van der Waals surface area contributed by atoms with Gasteiger partial charge in [-0.2, -0.15) is 0 Å². The molecule has 5 rings (SSSR count). The highest BCUT2D eigenvalue weighted by atomic mass is 32.1. The van der Waals surface area contributed by atoms with Crippen LogP contribution < -0.4 is 0 Å². The van der Waals surface area contributed by atoms with E-state index in [2.05, 4.69) is 44.1 Å². The summed E-state index contributed by atoms with van der Waals surface area (Å²) in [7, 11) is 0. The SMILES string of the molecule is c1ccc(-c2nnc(CN3CCc4sccc4[C@@H]3c3cccs3)o2)cc1. The van der Waals surface area contributed by atoms with Crippen molar-refractivity contribution in [1.82, 2.24) is 15.1 Å². The Labute approximate surface area is 159 Å². The van der Waals surface area contributed by atoms with Crippen LogP contribution in [0.2, 0.25) is 0 Å². The summed E-state index contributed by atoms with van der Waals surface area (Å²) < 4.78 is 5.95. The van der Waals surface area contributed by atoms with Crippen molar-refractivity contribution in [3.05, 3.63) is 80.5 Å². The van der Waals surface area contributed by atoms with E-state index in [1.807, 2.05) is 53.0 Å². The molecular weight excluding hydrogens is 362 g/mol. The second kappa shape index (κ2) is 6.79. The van der Waals surface area contributed by atoms with E-state index in [1.165, 1.54) is 15.3 Å². The fourth-order valence-corrected chi connectivity index (χ4v) is 5.29. The molecule has 3 aromatic heterocycles. The Kier molecular flexibility index (Phi) is 4.16. The summed E-state index contributed by atoms with van der Waals surface area (Å²) in [4.78, 5) is 5.31. The van der Waals surface area contributed by atoms with Crippen molar-refractivity contribution in [2.24, 2.45) is 0 Å². The summed E-state index contributed by atoms with van der Waals surface area (Å²) in [6.07, 6.45) is 1.08. The normalized spacial score (nSPS) is 17.3. The van der Waals surface area contributed by atoms with Gasteiger partial charge in [-0.05, 0) is 47.0 Å². The molecule has 0 N–H and O–H groups in total. The van der Waals surface area contributed by atoms with Crippen molar-refractivity contribution in [3.63, 3.8) is 0 Å². The lowest BCUT2D eigenvalue weighted by atomic mass is 9.98. The van der Waals surface area contributed by atoms with Gasteiger partial charge in [0.25, 0.3) is 0 Å². The second-order valence-electron chi connectivity index (χ2n) is 6.30. The first kappa shape index (κ1) is 15.9. The molecule has 0 unspecified atom stereocenters. The van der Waals surface area contributed by atoms with E-state index in [1.54, 1.807) is 0 Å². The van der Waals surface area contributed by atoms with E-state index >= 15 is 0 Å². The molecule has 1 atom stereocenters. The van der Waals surface area contributed by atoms with Gasteiger partial charge < -0.3 is 4.42 Å². The molecule has 0 spiro atoms. The van der Waals surface area contributed by atoms with Crippen molar-refractivity contribution >= 4 is 22.7 Å². The zero-order valence-electron chi connectivity index (χ0n) is 14.0. The Morgan fingerprint density at radius 2 is 1.92 bits per heavy atom. The lowest BCUT2D eigenvalue weighted by Gasteiger charge is -2.34. The van der Waals surface area contributed by atoms with Gasteiger partial charge in [0, 0.05) is 21.9 Å². The van der Waals surface area contributed by atoms with Crippen LogP contribution in [-0.2, 0) is 13.0 Å². The maximum absolute atomic E-state index is 5.95. The molecule has 0 fully saturated rings. The summed E-state index contributed by atoms with van der Waals surface area (Å²) >= 11 is 3.67. The summed E-state index contributed by atoms with van der Waals surface area (Å²) in [5.74, 6) is 1.26. The molecule has 4 nitrogen and oxygen atoms in total. The molecule has 0 saturated carbocycles. The minimum atomic E-state index is 0.275. The first-order valence-corrected chi connectivity index (χ1v) is 10.4. The number of fused-ring (bicyclic) bond motifs is 1. The smallest absolute Gasteiger partial charge is 0.247 e. The van der Waals surface area contributed by atoms with Crippen molar-refractivity contribution in [2.75, 3.05) is 6.54 Å². The van der Waals surface area contributed by atoms with Crippen LogP contribution in [0.1, 0.15) is 27.3 Å². The van der Waals surface area contributed by atoms with Gasteiger partial charge >= 0.3 is 0 Å². The molecule has 0 radical (unpaired) electrons. The maximum atomic E-state index is 5.95. The predicted molar refractivity (Wildman–Crippen MR) is 104 cm³/mol. The number of hydrogen-bond donors (Lipinski definition) is 0. The number of rotatable bonds is 4. The molecule has 1 aromatic carbocycles. The van der Waals surface area contributed by atoms with Crippen LogP contribution in [-0.4, -0.2) is 21.6 Å². The number of hydrogen-bond acceptors (Lipinski definition) is 6. The van der Waals surface area contributed by atoms with Crippen LogP contribution >= 0.6 is 22.7 Å². The Bertz CT molecular complexity index is 991. The number of nitrogens with zero attached hydrogens (tertiary/aromatic N) is 3. The Balaban J connectivity index is 1.44. The first-order chi connectivity index (χ1) is 12.9. The lowest BCUT2D eigenvalue weighted by molar-refractivity contribution is 0.189. The summed E-state index contributed by atoms with van der Waals surface area (Å²) in [6.45, 7) is 1.66. The largest absolute Gasteiger partial charge is 0.419 e. The van der Waals surface area contributed by atoms with Gasteiger partial charge in [-0.15, -0.1) is 32.9 Å². The summed E-state index contributed by atoms with van der Waals surface area (Å²) in [5, 5.41) is 12.9. The monoisotopic (exact) mass is 379 g/mol. The van der Waals surface area contributed by atoms with Gasteiger partial charge in [0.2, 0.25) is 11.8 Å². The van der Waals surface area contributed by atoms with Gasteiger partial charge in [0.05, 0.1) is 12.6 Å². The molecule has 130 valence electrons. The molecule has 4 aromatic rings. The van der Waals surface area contributed by atoms with Crippen molar-refractivity contribution < 1.29 is 4.42 Å². The van der Waals surface area contributed by atoms with Crippen molar-refractivity contribution in [3.8, 4) is 11.5 Å². The van der Waals surface area contributed by atoms with Gasteiger partial charge in [-0.3, -0.25) is 4.90 Å². The molecule has 0 aliphatic carbocycles. The van der Waals surface area contributed by atoms with Crippen LogP contribution in [0.3, 0.4) is 0 Å². The average Bonchev–Trinajstić information content (AvgIpc) is 3.44. The van der Waals surface area contributed by atoms with E-state index in [0.29, 0.717) is 18.3 Å². The third kappa shape index (κ3) is 2.90. The molecular formula is C20H17N3OS2. The second-order valence-corrected chi connectivity index (χ2v) is 8.28. The Morgan fingerprint density at radius 1 is 1.00 bits per heavy atom. The molecule has 26 heavy (non-hydrogen) atoms. The quantitative estimate of drug-likeness (QED) is 0.500. The van der Waals surface area contributed by atoms with Crippen LogP contribution in [0.4, 0.5) is 0 Å². The van der Waals surface area contributed by atoms with Crippen LogP contribution in [0, 0.1) is 0 Å². The van der Waals surface area contributed by atoms with Crippen molar-refractivity contribution in [2.45, 2.75) is 19.0 Å². The van der Waals surface area contributed by atoms with E-state index in [-0.39, 0.29) is 6.04 Å². The lowest BCUT2D eigenvalue weighted by Crippen LogP contribution is -2.34. The highest BCUT2D eigenvalue weighted by Gasteiger charge is 2.31. The first-order valence-electron chi connectivity index (χ1n) is 8.60. The van der Waals surface area contributed by atoms with E-state index in [9.17, 15) is 0 Å². The van der Waals surface area contributed by atoms with E-state index in [0.717, 1.165) is 18.5 Å². The third-order valence-electron chi connectivity index (χ3n) is 4.70. The standard InChI is InChI=1S/C20H17N3OS2/c1-2-5-14(6-3-1)20-22-21-18(24-20)13-23-10-8-16-15(9-12-26-16)19(23)17-7-4-11-25-17/h1-7,9,11-12,19H,8,10,13H2/t19-/m1/s1.